The van der Waals surface area contributed by atoms with Crippen LogP contribution in [0, 0.1) is 11.8 Å². The summed E-state index contributed by atoms with van der Waals surface area (Å²) in [6.07, 6.45) is 1.02. The Hall–Kier alpha value is -1.35. The first-order chi connectivity index (χ1) is 8.58. The molecule has 0 aliphatic rings. The molecule has 3 heteroatoms. The molecule has 0 aliphatic carbocycles. The Balaban J connectivity index is 2.51. The van der Waals surface area contributed by atoms with Crippen LogP contribution in [0.5, 0.6) is 0 Å². The van der Waals surface area contributed by atoms with Crippen molar-refractivity contribution in [1.82, 2.24) is 5.32 Å². The lowest BCUT2D eigenvalue weighted by molar-refractivity contribution is -0.127. The first kappa shape index (κ1) is 14.7. The average Bonchev–Trinajstić information content (AvgIpc) is 2.37. The number of hydrogen-bond donors (Lipinski definition) is 2. The first-order valence-corrected chi connectivity index (χ1v) is 6.54. The van der Waals surface area contributed by atoms with Gasteiger partial charge in [0.25, 0.3) is 0 Å². The zero-order valence-corrected chi connectivity index (χ0v) is 11.4. The van der Waals surface area contributed by atoms with Gasteiger partial charge in [-0.05, 0) is 23.5 Å². The van der Waals surface area contributed by atoms with Gasteiger partial charge in [-0.25, -0.2) is 0 Å². The van der Waals surface area contributed by atoms with Gasteiger partial charge < -0.3 is 10.4 Å². The highest BCUT2D eigenvalue weighted by atomic mass is 16.3. The lowest BCUT2D eigenvalue weighted by Crippen LogP contribution is -2.35. The molecule has 1 aromatic carbocycles. The second-order valence-corrected chi connectivity index (χ2v) is 4.92. The van der Waals surface area contributed by atoms with E-state index in [1.54, 1.807) is 0 Å². The molecule has 0 spiro atoms. The van der Waals surface area contributed by atoms with E-state index in [1.165, 1.54) is 5.56 Å². The highest BCUT2D eigenvalue weighted by Gasteiger charge is 2.20. The van der Waals surface area contributed by atoms with Crippen molar-refractivity contribution >= 4 is 5.91 Å². The number of benzene rings is 1. The highest BCUT2D eigenvalue weighted by molar-refractivity contribution is 5.78. The Bertz CT molecular complexity index is 371. The molecule has 3 nitrogen and oxygen atoms in total. The maximum Gasteiger partial charge on any atom is 0.225 e. The maximum atomic E-state index is 11.8. The average molecular weight is 249 g/mol. The molecule has 0 bridgehead atoms. The Morgan fingerprint density at radius 3 is 2.22 bits per heavy atom. The van der Waals surface area contributed by atoms with Crippen molar-refractivity contribution in [3.05, 3.63) is 35.4 Å². The summed E-state index contributed by atoms with van der Waals surface area (Å²) in [6.45, 7) is 6.42. The summed E-state index contributed by atoms with van der Waals surface area (Å²) in [5, 5.41) is 12.0. The van der Waals surface area contributed by atoms with Gasteiger partial charge in [0.2, 0.25) is 5.91 Å². The van der Waals surface area contributed by atoms with Crippen molar-refractivity contribution in [3.63, 3.8) is 0 Å². The molecule has 0 aromatic heterocycles. The fraction of sp³-hybridized carbons (Fsp3) is 0.533. The molecule has 0 saturated carbocycles. The molecule has 1 unspecified atom stereocenters. The van der Waals surface area contributed by atoms with Crippen LogP contribution in [0.25, 0.3) is 0 Å². The van der Waals surface area contributed by atoms with E-state index in [1.807, 2.05) is 26.0 Å². The zero-order valence-electron chi connectivity index (χ0n) is 11.4. The molecular weight excluding hydrogens is 226 g/mol. The fourth-order valence-electron chi connectivity index (χ4n) is 1.81. The molecule has 1 rings (SSSR count). The van der Waals surface area contributed by atoms with E-state index in [0.717, 1.165) is 12.0 Å². The maximum absolute atomic E-state index is 11.8. The number of aryl methyl sites for hydroxylation is 1. The van der Waals surface area contributed by atoms with Gasteiger partial charge in [0.1, 0.15) is 0 Å². The number of hydrogen-bond acceptors (Lipinski definition) is 2. The van der Waals surface area contributed by atoms with Gasteiger partial charge in [-0.15, -0.1) is 0 Å². The lowest BCUT2D eigenvalue weighted by atomic mass is 9.96. The van der Waals surface area contributed by atoms with Crippen LogP contribution < -0.4 is 5.32 Å². The summed E-state index contributed by atoms with van der Waals surface area (Å²) >= 11 is 0. The standard InChI is InChI=1S/C15H23NO2/c1-4-12-5-7-13(8-6-12)9-16-15(18)14(10-17)11(2)3/h5-8,11,14,17H,4,9-10H2,1-3H3,(H,16,18). The molecule has 0 fully saturated rings. The van der Waals surface area contributed by atoms with E-state index in [4.69, 9.17) is 0 Å². The van der Waals surface area contributed by atoms with E-state index in [2.05, 4.69) is 24.4 Å². The van der Waals surface area contributed by atoms with Crippen LogP contribution in [0.15, 0.2) is 24.3 Å². The molecular formula is C15H23NO2. The fourth-order valence-corrected chi connectivity index (χ4v) is 1.81. The number of aliphatic hydroxyl groups excluding tert-OH is 1. The highest BCUT2D eigenvalue weighted by Crippen LogP contribution is 2.10. The van der Waals surface area contributed by atoms with Crippen molar-refractivity contribution in [2.75, 3.05) is 6.61 Å². The molecule has 0 heterocycles. The predicted molar refractivity (Wildman–Crippen MR) is 73.1 cm³/mol. The second-order valence-electron chi connectivity index (χ2n) is 4.92. The minimum atomic E-state index is -0.320. The molecule has 100 valence electrons. The Morgan fingerprint density at radius 1 is 1.22 bits per heavy atom. The molecule has 1 atom stereocenters. The summed E-state index contributed by atoms with van der Waals surface area (Å²) in [7, 11) is 0. The first-order valence-electron chi connectivity index (χ1n) is 6.54. The Kier molecular flexibility index (Phi) is 5.86. The van der Waals surface area contributed by atoms with Gasteiger partial charge in [-0.3, -0.25) is 4.79 Å². The third kappa shape index (κ3) is 4.15. The van der Waals surface area contributed by atoms with Crippen LogP contribution in [0.2, 0.25) is 0 Å². The van der Waals surface area contributed by atoms with Crippen LogP contribution in [-0.2, 0) is 17.8 Å². The van der Waals surface area contributed by atoms with Gasteiger partial charge in [0.05, 0.1) is 12.5 Å². The van der Waals surface area contributed by atoms with Crippen molar-refractivity contribution in [1.29, 1.82) is 0 Å². The minimum Gasteiger partial charge on any atom is -0.396 e. The van der Waals surface area contributed by atoms with E-state index >= 15 is 0 Å². The van der Waals surface area contributed by atoms with E-state index in [0.29, 0.717) is 6.54 Å². The largest absolute Gasteiger partial charge is 0.396 e. The van der Waals surface area contributed by atoms with Gasteiger partial charge >= 0.3 is 0 Å². The van der Waals surface area contributed by atoms with Crippen molar-refractivity contribution in [3.8, 4) is 0 Å². The number of carbonyl (C=O) groups excluding carboxylic acids is 1. The molecule has 1 amide bonds. The number of carbonyl (C=O) groups is 1. The van der Waals surface area contributed by atoms with Gasteiger partial charge in [0.15, 0.2) is 0 Å². The van der Waals surface area contributed by atoms with Gasteiger partial charge in [-0.2, -0.15) is 0 Å². The quantitative estimate of drug-likeness (QED) is 0.811. The molecule has 0 saturated heterocycles. The summed E-state index contributed by atoms with van der Waals surface area (Å²) in [5.74, 6) is -0.246. The van der Waals surface area contributed by atoms with Crippen LogP contribution >= 0.6 is 0 Å². The van der Waals surface area contributed by atoms with Crippen molar-refractivity contribution in [2.45, 2.75) is 33.7 Å². The normalized spacial score (nSPS) is 12.5. The van der Waals surface area contributed by atoms with Crippen molar-refractivity contribution in [2.24, 2.45) is 11.8 Å². The monoisotopic (exact) mass is 249 g/mol. The molecule has 18 heavy (non-hydrogen) atoms. The third-order valence-electron chi connectivity index (χ3n) is 3.24. The Morgan fingerprint density at radius 2 is 1.78 bits per heavy atom. The summed E-state index contributed by atoms with van der Waals surface area (Å²) in [5.41, 5.74) is 2.38. The van der Waals surface area contributed by atoms with E-state index in [-0.39, 0.29) is 24.3 Å². The SMILES string of the molecule is CCc1ccc(CNC(=O)C(CO)C(C)C)cc1. The third-order valence-corrected chi connectivity index (χ3v) is 3.24. The molecule has 0 aliphatic heterocycles. The van der Waals surface area contributed by atoms with Crippen LogP contribution in [0.1, 0.15) is 31.9 Å². The van der Waals surface area contributed by atoms with Gasteiger partial charge in [0, 0.05) is 6.54 Å². The summed E-state index contributed by atoms with van der Waals surface area (Å²) < 4.78 is 0. The molecule has 1 aromatic rings. The van der Waals surface area contributed by atoms with Gasteiger partial charge in [-0.1, -0.05) is 45.0 Å². The molecule has 0 radical (unpaired) electrons. The molecule has 2 N–H and O–H groups in total. The topological polar surface area (TPSA) is 49.3 Å². The smallest absolute Gasteiger partial charge is 0.225 e. The minimum absolute atomic E-state index is 0.0768. The summed E-state index contributed by atoms with van der Waals surface area (Å²) in [4.78, 5) is 11.8. The Labute approximate surface area is 109 Å². The second kappa shape index (κ2) is 7.17. The van der Waals surface area contributed by atoms with Crippen LogP contribution in [0.4, 0.5) is 0 Å². The lowest BCUT2D eigenvalue weighted by Gasteiger charge is -2.17. The zero-order chi connectivity index (χ0) is 13.5. The van der Waals surface area contributed by atoms with Crippen molar-refractivity contribution < 1.29 is 9.90 Å². The van der Waals surface area contributed by atoms with E-state index < -0.39 is 0 Å². The summed E-state index contributed by atoms with van der Waals surface area (Å²) in [6, 6.07) is 8.21. The number of nitrogens with one attached hydrogen (secondary N) is 1. The predicted octanol–water partition coefficient (Wildman–Crippen LogP) is 2.13. The number of amides is 1. The van der Waals surface area contributed by atoms with Crippen LogP contribution in [-0.4, -0.2) is 17.6 Å². The number of aliphatic hydroxyl groups is 1. The van der Waals surface area contributed by atoms with Crippen LogP contribution in [0.3, 0.4) is 0 Å². The van der Waals surface area contributed by atoms with E-state index in [9.17, 15) is 9.90 Å². The number of rotatable bonds is 6.